The zero-order valence-corrected chi connectivity index (χ0v) is 12.2. The van der Waals surface area contributed by atoms with E-state index in [0.717, 1.165) is 14.2 Å². The summed E-state index contributed by atoms with van der Waals surface area (Å²) in [5, 5.41) is 8.74. The van der Waals surface area contributed by atoms with Gasteiger partial charge in [0, 0.05) is 0 Å². The number of carbonyl (C=O) groups excluding carboxylic acids is 2. The van der Waals surface area contributed by atoms with E-state index in [1.807, 2.05) is 0 Å². The number of aromatic nitrogens is 3. The van der Waals surface area contributed by atoms with Gasteiger partial charge in [0.15, 0.2) is 0 Å². The molecule has 0 spiro atoms. The van der Waals surface area contributed by atoms with Crippen molar-refractivity contribution in [1.29, 1.82) is 0 Å². The maximum Gasteiger partial charge on any atom is 0.337 e. The highest BCUT2D eigenvalue weighted by atomic mass is 16.5. The SMILES string of the molecule is COC(=O)Cn1c(=O)n(CC(=O)O)c(=O)n(CC(=O)OC)c1=O. The topological polar surface area (TPSA) is 156 Å². The Bertz CT molecular complexity index is 757. The van der Waals surface area contributed by atoms with Crippen molar-refractivity contribution in [3.8, 4) is 0 Å². The molecule has 1 aromatic heterocycles. The summed E-state index contributed by atoms with van der Waals surface area (Å²) in [6.45, 7) is -2.76. The Morgan fingerprint density at radius 2 is 1.09 bits per heavy atom. The van der Waals surface area contributed by atoms with Crippen LogP contribution in [0.3, 0.4) is 0 Å². The molecule has 0 fully saturated rings. The lowest BCUT2D eigenvalue weighted by atomic mass is 10.5. The van der Waals surface area contributed by atoms with Gasteiger partial charge >= 0.3 is 35.0 Å². The Balaban J connectivity index is 3.66. The molecule has 0 unspecified atom stereocenters. The van der Waals surface area contributed by atoms with Crippen molar-refractivity contribution >= 4 is 17.9 Å². The summed E-state index contributed by atoms with van der Waals surface area (Å²) in [6, 6.07) is 0. The second-order valence-electron chi connectivity index (χ2n) is 4.15. The summed E-state index contributed by atoms with van der Waals surface area (Å²) < 4.78 is 9.42. The number of carbonyl (C=O) groups is 3. The van der Waals surface area contributed by atoms with Crippen LogP contribution in [-0.4, -0.2) is 50.9 Å². The minimum Gasteiger partial charge on any atom is -0.480 e. The first kappa shape index (κ1) is 17.9. The second-order valence-corrected chi connectivity index (χ2v) is 4.15. The fourth-order valence-corrected chi connectivity index (χ4v) is 1.61. The van der Waals surface area contributed by atoms with Gasteiger partial charge in [0.2, 0.25) is 0 Å². The van der Waals surface area contributed by atoms with Gasteiger partial charge in [-0.25, -0.2) is 28.1 Å². The number of aliphatic carboxylic acids is 1. The highest BCUT2D eigenvalue weighted by Crippen LogP contribution is 1.83. The van der Waals surface area contributed by atoms with Gasteiger partial charge in [0.25, 0.3) is 0 Å². The van der Waals surface area contributed by atoms with Crippen molar-refractivity contribution in [3.63, 3.8) is 0 Å². The Morgan fingerprint density at radius 1 is 0.783 bits per heavy atom. The average molecular weight is 331 g/mol. The summed E-state index contributed by atoms with van der Waals surface area (Å²) in [6.07, 6.45) is 0. The molecule has 0 aliphatic carbocycles. The molecule has 0 aromatic carbocycles. The van der Waals surface area contributed by atoms with E-state index in [9.17, 15) is 28.8 Å². The Labute approximate surface area is 127 Å². The smallest absolute Gasteiger partial charge is 0.337 e. The van der Waals surface area contributed by atoms with Crippen LogP contribution in [0.15, 0.2) is 14.4 Å². The minimum atomic E-state index is -1.53. The van der Waals surface area contributed by atoms with E-state index in [0.29, 0.717) is 9.13 Å². The van der Waals surface area contributed by atoms with Crippen LogP contribution in [0, 0.1) is 0 Å². The largest absolute Gasteiger partial charge is 0.480 e. The molecule has 0 saturated heterocycles. The maximum absolute atomic E-state index is 12.1. The van der Waals surface area contributed by atoms with Gasteiger partial charge in [-0.1, -0.05) is 0 Å². The lowest BCUT2D eigenvalue weighted by molar-refractivity contribution is -0.141. The highest BCUT2D eigenvalue weighted by molar-refractivity contribution is 5.69. The van der Waals surface area contributed by atoms with Gasteiger partial charge in [0.05, 0.1) is 14.2 Å². The molecule has 0 aliphatic heterocycles. The number of ether oxygens (including phenoxy) is 2. The molecule has 0 bridgehead atoms. The Morgan fingerprint density at radius 3 is 1.35 bits per heavy atom. The van der Waals surface area contributed by atoms with E-state index < -0.39 is 54.6 Å². The number of methoxy groups -OCH3 is 2. The Hall–Kier alpha value is -3.18. The molecule has 126 valence electrons. The molecule has 0 aliphatic rings. The second kappa shape index (κ2) is 7.20. The molecule has 12 nitrogen and oxygen atoms in total. The summed E-state index contributed by atoms with van der Waals surface area (Å²) >= 11 is 0. The molecular formula is C11H13N3O9. The van der Waals surface area contributed by atoms with Crippen molar-refractivity contribution in [2.24, 2.45) is 0 Å². The van der Waals surface area contributed by atoms with E-state index in [4.69, 9.17) is 5.11 Å². The summed E-state index contributed by atoms with van der Waals surface area (Å²) in [4.78, 5) is 69.5. The number of nitrogens with zero attached hydrogens (tertiary/aromatic N) is 3. The van der Waals surface area contributed by atoms with Crippen molar-refractivity contribution < 1.29 is 29.0 Å². The van der Waals surface area contributed by atoms with Crippen molar-refractivity contribution in [2.45, 2.75) is 19.6 Å². The molecule has 0 saturated carbocycles. The third-order valence-electron chi connectivity index (χ3n) is 2.71. The number of hydrogen-bond donors (Lipinski definition) is 1. The van der Waals surface area contributed by atoms with Crippen molar-refractivity contribution in [2.75, 3.05) is 14.2 Å². The van der Waals surface area contributed by atoms with Crippen LogP contribution in [0.25, 0.3) is 0 Å². The van der Waals surface area contributed by atoms with E-state index in [1.54, 1.807) is 0 Å². The molecule has 1 aromatic rings. The third-order valence-corrected chi connectivity index (χ3v) is 2.71. The molecule has 1 heterocycles. The molecule has 12 heteroatoms. The molecule has 1 N–H and O–H groups in total. The first-order chi connectivity index (χ1) is 10.7. The van der Waals surface area contributed by atoms with Gasteiger partial charge in [-0.3, -0.25) is 14.4 Å². The zero-order valence-electron chi connectivity index (χ0n) is 12.2. The number of rotatable bonds is 6. The summed E-state index contributed by atoms with van der Waals surface area (Å²) in [5.41, 5.74) is -3.89. The van der Waals surface area contributed by atoms with Crippen LogP contribution in [-0.2, 0) is 43.5 Å². The van der Waals surface area contributed by atoms with Crippen LogP contribution in [0.4, 0.5) is 0 Å². The first-order valence-corrected chi connectivity index (χ1v) is 6.02. The van der Waals surface area contributed by atoms with Crippen LogP contribution >= 0.6 is 0 Å². The number of hydrogen-bond acceptors (Lipinski definition) is 8. The lowest BCUT2D eigenvalue weighted by Crippen LogP contribution is -2.56. The quantitative estimate of drug-likeness (QED) is 0.525. The van der Waals surface area contributed by atoms with Crippen LogP contribution in [0.1, 0.15) is 0 Å². The van der Waals surface area contributed by atoms with Crippen LogP contribution in [0.2, 0.25) is 0 Å². The summed E-state index contributed by atoms with van der Waals surface area (Å²) in [7, 11) is 2.02. The van der Waals surface area contributed by atoms with Gasteiger partial charge < -0.3 is 14.6 Å². The zero-order chi connectivity index (χ0) is 17.7. The maximum atomic E-state index is 12.1. The molecule has 0 amide bonds. The summed E-state index contributed by atoms with van der Waals surface area (Å²) in [5.74, 6) is -3.49. The predicted molar refractivity (Wildman–Crippen MR) is 70.9 cm³/mol. The fraction of sp³-hybridized carbons (Fsp3) is 0.455. The van der Waals surface area contributed by atoms with Gasteiger partial charge in [0.1, 0.15) is 19.6 Å². The highest BCUT2D eigenvalue weighted by Gasteiger charge is 2.20. The minimum absolute atomic E-state index is 0.204. The van der Waals surface area contributed by atoms with Gasteiger partial charge in [-0.15, -0.1) is 0 Å². The standard InChI is InChI=1S/C11H13N3O9/c1-22-7(17)4-13-9(19)12(3-6(15)16)10(20)14(11(13)21)5-8(18)23-2/h3-5H2,1-2H3,(H,15,16). The fourth-order valence-electron chi connectivity index (χ4n) is 1.61. The number of carboxylic acids is 1. The van der Waals surface area contributed by atoms with E-state index in [1.165, 1.54) is 0 Å². The third kappa shape index (κ3) is 3.93. The van der Waals surface area contributed by atoms with Crippen LogP contribution < -0.4 is 17.1 Å². The first-order valence-electron chi connectivity index (χ1n) is 6.02. The predicted octanol–water partition coefficient (Wildman–Crippen LogP) is -3.40. The molecule has 0 radical (unpaired) electrons. The van der Waals surface area contributed by atoms with E-state index in [2.05, 4.69) is 9.47 Å². The van der Waals surface area contributed by atoms with Gasteiger partial charge in [-0.2, -0.15) is 0 Å². The van der Waals surface area contributed by atoms with Crippen LogP contribution in [0.5, 0.6) is 0 Å². The number of esters is 2. The molecule has 1 rings (SSSR count). The monoisotopic (exact) mass is 331 g/mol. The molecule has 23 heavy (non-hydrogen) atoms. The van der Waals surface area contributed by atoms with Gasteiger partial charge in [-0.05, 0) is 0 Å². The van der Waals surface area contributed by atoms with E-state index >= 15 is 0 Å². The molecular weight excluding hydrogens is 318 g/mol. The van der Waals surface area contributed by atoms with Crippen molar-refractivity contribution in [1.82, 2.24) is 13.7 Å². The van der Waals surface area contributed by atoms with E-state index in [-0.39, 0.29) is 4.57 Å². The normalized spacial score (nSPS) is 10.2. The number of carboxylic acid groups (broad SMARTS) is 1. The molecule has 0 atom stereocenters. The Kier molecular flexibility index (Phi) is 5.59. The van der Waals surface area contributed by atoms with Crippen molar-refractivity contribution in [3.05, 3.63) is 31.5 Å². The average Bonchev–Trinajstić information content (AvgIpc) is 2.51. The lowest BCUT2D eigenvalue weighted by Gasteiger charge is -2.11.